The molecule has 0 radical (unpaired) electrons. The average Bonchev–Trinajstić information content (AvgIpc) is 2.34. The van der Waals surface area contributed by atoms with Crippen molar-refractivity contribution in [3.05, 3.63) is 34.3 Å². The van der Waals surface area contributed by atoms with Crippen LogP contribution in [0.4, 0.5) is 0 Å². The molecule has 0 amide bonds. The van der Waals surface area contributed by atoms with Crippen LogP contribution in [0.1, 0.15) is 39.7 Å². The highest BCUT2D eigenvalue weighted by Gasteiger charge is 2.39. The third-order valence-corrected chi connectivity index (χ3v) is 4.81. The Morgan fingerprint density at radius 1 is 1.32 bits per heavy atom. The molecule has 0 bridgehead atoms. The number of hydrogen-bond donors (Lipinski definition) is 1. The summed E-state index contributed by atoms with van der Waals surface area (Å²) >= 11 is 3.56. The minimum Gasteiger partial charge on any atom is -0.309 e. The molecule has 1 unspecified atom stereocenters. The van der Waals surface area contributed by atoms with Gasteiger partial charge >= 0.3 is 0 Å². The first-order chi connectivity index (χ1) is 8.85. The average molecular weight is 325 g/mol. The van der Waals surface area contributed by atoms with E-state index in [1.165, 1.54) is 12.0 Å². The summed E-state index contributed by atoms with van der Waals surface area (Å²) in [5.41, 5.74) is 1.82. The van der Waals surface area contributed by atoms with E-state index in [1.54, 1.807) is 0 Å². The van der Waals surface area contributed by atoms with Gasteiger partial charge in [-0.25, -0.2) is 0 Å². The normalized spacial score (nSPS) is 27.4. The number of piperazine rings is 1. The molecule has 1 aromatic rings. The van der Waals surface area contributed by atoms with Crippen molar-refractivity contribution in [3.8, 4) is 0 Å². The van der Waals surface area contributed by atoms with Crippen LogP contribution in [0.5, 0.6) is 0 Å². The summed E-state index contributed by atoms with van der Waals surface area (Å²) in [6, 6.07) is 8.65. The Balaban J connectivity index is 2.19. The van der Waals surface area contributed by atoms with Crippen molar-refractivity contribution >= 4 is 15.9 Å². The zero-order valence-corrected chi connectivity index (χ0v) is 14.0. The fourth-order valence-corrected chi connectivity index (χ4v) is 3.16. The molecule has 0 aromatic heterocycles. The molecule has 1 fully saturated rings. The Morgan fingerprint density at radius 3 is 2.68 bits per heavy atom. The summed E-state index contributed by atoms with van der Waals surface area (Å²) in [5.74, 6) is 0. The zero-order valence-electron chi connectivity index (χ0n) is 12.5. The Labute approximate surface area is 125 Å². The second-order valence-electron chi connectivity index (χ2n) is 6.57. The predicted molar refractivity (Wildman–Crippen MR) is 85.3 cm³/mol. The number of nitrogens with one attached hydrogen (secondary N) is 1. The molecule has 1 saturated heterocycles. The first-order valence-electron chi connectivity index (χ1n) is 7.09. The zero-order chi connectivity index (χ0) is 14.1. The van der Waals surface area contributed by atoms with E-state index in [-0.39, 0.29) is 11.1 Å². The molecule has 1 aliphatic rings. The molecule has 0 aliphatic carbocycles. The Morgan fingerprint density at radius 2 is 2.05 bits per heavy atom. The molecular weight excluding hydrogens is 300 g/mol. The Bertz CT molecular complexity index is 444. The van der Waals surface area contributed by atoms with Gasteiger partial charge in [0.15, 0.2) is 0 Å². The number of halogens is 1. The molecule has 0 spiro atoms. The third-order valence-electron chi connectivity index (χ3n) is 4.32. The molecule has 1 aliphatic heterocycles. The monoisotopic (exact) mass is 324 g/mol. The van der Waals surface area contributed by atoms with Gasteiger partial charge in [-0.05, 0) is 44.9 Å². The van der Waals surface area contributed by atoms with E-state index in [4.69, 9.17) is 0 Å². The lowest BCUT2D eigenvalue weighted by Crippen LogP contribution is -2.66. The van der Waals surface area contributed by atoms with Crippen LogP contribution in [0.2, 0.25) is 0 Å². The van der Waals surface area contributed by atoms with Crippen molar-refractivity contribution in [2.24, 2.45) is 0 Å². The lowest BCUT2D eigenvalue weighted by atomic mass is 9.87. The largest absolute Gasteiger partial charge is 0.309 e. The van der Waals surface area contributed by atoms with Crippen molar-refractivity contribution in [2.75, 3.05) is 13.1 Å². The van der Waals surface area contributed by atoms with Gasteiger partial charge in [0.05, 0.1) is 0 Å². The molecule has 1 atom stereocenters. The van der Waals surface area contributed by atoms with Gasteiger partial charge in [-0.3, -0.25) is 4.90 Å². The van der Waals surface area contributed by atoms with E-state index in [2.05, 4.69) is 78.1 Å². The maximum atomic E-state index is 3.68. The van der Waals surface area contributed by atoms with Gasteiger partial charge in [-0.2, -0.15) is 0 Å². The van der Waals surface area contributed by atoms with Gasteiger partial charge < -0.3 is 5.32 Å². The first kappa shape index (κ1) is 15.0. The van der Waals surface area contributed by atoms with Gasteiger partial charge in [0.2, 0.25) is 0 Å². The lowest BCUT2D eigenvalue weighted by molar-refractivity contribution is 0.0175. The van der Waals surface area contributed by atoms with Gasteiger partial charge in [-0.15, -0.1) is 0 Å². The van der Waals surface area contributed by atoms with Gasteiger partial charge in [0.25, 0.3) is 0 Å². The SMILES string of the molecule is CCC1(C)CNC(C)(C)CN1Cc1cccc(Br)c1. The van der Waals surface area contributed by atoms with Crippen molar-refractivity contribution in [1.82, 2.24) is 10.2 Å². The highest BCUT2D eigenvalue weighted by Crippen LogP contribution is 2.28. The molecular formula is C16H25BrN2. The maximum Gasteiger partial charge on any atom is 0.0307 e. The second kappa shape index (κ2) is 5.55. The topological polar surface area (TPSA) is 15.3 Å². The van der Waals surface area contributed by atoms with E-state index in [9.17, 15) is 0 Å². The van der Waals surface area contributed by atoms with E-state index >= 15 is 0 Å². The molecule has 19 heavy (non-hydrogen) atoms. The van der Waals surface area contributed by atoms with Crippen LogP contribution in [0, 0.1) is 0 Å². The van der Waals surface area contributed by atoms with Gasteiger partial charge in [0.1, 0.15) is 0 Å². The van der Waals surface area contributed by atoms with E-state index in [0.717, 1.165) is 24.1 Å². The molecule has 1 heterocycles. The molecule has 2 nitrogen and oxygen atoms in total. The quantitative estimate of drug-likeness (QED) is 0.909. The van der Waals surface area contributed by atoms with Crippen LogP contribution in [0.3, 0.4) is 0 Å². The smallest absolute Gasteiger partial charge is 0.0307 e. The fraction of sp³-hybridized carbons (Fsp3) is 0.625. The summed E-state index contributed by atoms with van der Waals surface area (Å²) in [7, 11) is 0. The van der Waals surface area contributed by atoms with E-state index in [0.29, 0.717) is 0 Å². The van der Waals surface area contributed by atoms with Crippen LogP contribution in [-0.4, -0.2) is 29.1 Å². The summed E-state index contributed by atoms with van der Waals surface area (Å²) in [5, 5.41) is 3.68. The first-order valence-corrected chi connectivity index (χ1v) is 7.88. The lowest BCUT2D eigenvalue weighted by Gasteiger charge is -2.51. The third kappa shape index (κ3) is 3.59. The summed E-state index contributed by atoms with van der Waals surface area (Å²) in [6.07, 6.45) is 1.17. The molecule has 2 rings (SSSR count). The summed E-state index contributed by atoms with van der Waals surface area (Å²) < 4.78 is 1.16. The predicted octanol–water partition coefficient (Wildman–Crippen LogP) is 3.80. The molecule has 3 heteroatoms. The minimum atomic E-state index is 0.195. The fourth-order valence-electron chi connectivity index (χ4n) is 2.72. The number of benzene rings is 1. The summed E-state index contributed by atoms with van der Waals surface area (Å²) in [6.45, 7) is 12.4. The number of hydrogen-bond acceptors (Lipinski definition) is 2. The van der Waals surface area contributed by atoms with Crippen molar-refractivity contribution in [3.63, 3.8) is 0 Å². The molecule has 1 N–H and O–H groups in total. The molecule has 1 aromatic carbocycles. The van der Waals surface area contributed by atoms with Crippen LogP contribution in [0.15, 0.2) is 28.7 Å². The van der Waals surface area contributed by atoms with Gasteiger partial charge in [-0.1, -0.05) is 35.0 Å². The highest BCUT2D eigenvalue weighted by molar-refractivity contribution is 9.10. The molecule has 0 saturated carbocycles. The maximum absolute atomic E-state index is 3.68. The molecule has 106 valence electrons. The van der Waals surface area contributed by atoms with Crippen molar-refractivity contribution in [1.29, 1.82) is 0 Å². The van der Waals surface area contributed by atoms with Crippen LogP contribution >= 0.6 is 15.9 Å². The van der Waals surface area contributed by atoms with Crippen molar-refractivity contribution < 1.29 is 0 Å². The van der Waals surface area contributed by atoms with Crippen LogP contribution in [-0.2, 0) is 6.54 Å². The highest BCUT2D eigenvalue weighted by atomic mass is 79.9. The van der Waals surface area contributed by atoms with Gasteiger partial charge in [0, 0.05) is 35.2 Å². The Kier molecular flexibility index (Phi) is 4.38. The standard InChI is InChI=1S/C16H25BrN2/c1-5-16(4)11-18-15(2,3)12-19(16)10-13-7-6-8-14(17)9-13/h6-9,18H,5,10-12H2,1-4H3. The second-order valence-corrected chi connectivity index (χ2v) is 7.49. The number of rotatable bonds is 3. The summed E-state index contributed by atoms with van der Waals surface area (Å²) in [4.78, 5) is 2.63. The van der Waals surface area contributed by atoms with E-state index < -0.39 is 0 Å². The van der Waals surface area contributed by atoms with Crippen molar-refractivity contribution in [2.45, 2.75) is 51.7 Å². The minimum absolute atomic E-state index is 0.195. The van der Waals surface area contributed by atoms with Crippen LogP contribution < -0.4 is 5.32 Å². The van der Waals surface area contributed by atoms with E-state index in [1.807, 2.05) is 0 Å². The van der Waals surface area contributed by atoms with Crippen LogP contribution in [0.25, 0.3) is 0 Å². The number of nitrogens with zero attached hydrogens (tertiary/aromatic N) is 1. The Hall–Kier alpha value is -0.380.